The van der Waals surface area contributed by atoms with E-state index in [4.69, 9.17) is 0 Å². The molecule has 4 heteroatoms. The number of hydrogen-bond acceptors (Lipinski definition) is 3. The molecule has 2 atom stereocenters. The van der Waals surface area contributed by atoms with Crippen molar-refractivity contribution in [2.45, 2.75) is 64.1 Å². The summed E-state index contributed by atoms with van der Waals surface area (Å²) >= 11 is 1.79. The number of carbonyl (C=O) groups is 1. The highest BCUT2D eigenvalue weighted by Gasteiger charge is 2.31. The fraction of sp³-hybridized carbons (Fsp3) is 0.706. The Bertz CT molecular complexity index is 455. The summed E-state index contributed by atoms with van der Waals surface area (Å²) in [5, 5.41) is 5.40. The molecule has 1 aromatic heterocycles. The Balaban J connectivity index is 1.51. The number of nitrogens with zero attached hydrogens (tertiary/aromatic N) is 1. The summed E-state index contributed by atoms with van der Waals surface area (Å²) in [6, 6.07) is 5.28. The van der Waals surface area contributed by atoms with Crippen molar-refractivity contribution in [3.05, 3.63) is 22.4 Å². The lowest BCUT2D eigenvalue weighted by molar-refractivity contribution is -0.123. The SMILES string of the molecule is C[C@H]1CCCC[C@H]1NC(=O)CN(Cc1cccs1)C1CC1. The number of amides is 1. The van der Waals surface area contributed by atoms with E-state index < -0.39 is 0 Å². The van der Waals surface area contributed by atoms with Gasteiger partial charge >= 0.3 is 0 Å². The van der Waals surface area contributed by atoms with Gasteiger partial charge in [-0.05, 0) is 43.0 Å². The fourth-order valence-corrected chi connectivity index (χ4v) is 4.05. The molecule has 1 heterocycles. The Kier molecular flexibility index (Phi) is 4.96. The van der Waals surface area contributed by atoms with E-state index in [1.807, 2.05) is 0 Å². The lowest BCUT2D eigenvalue weighted by Gasteiger charge is -2.30. The third kappa shape index (κ3) is 4.30. The van der Waals surface area contributed by atoms with Gasteiger partial charge in [-0.1, -0.05) is 25.8 Å². The molecule has 0 spiro atoms. The standard InChI is InChI=1S/C17H26N2OS/c1-13-5-2-3-7-16(13)18-17(20)12-19(14-8-9-14)11-15-6-4-10-21-15/h4,6,10,13-14,16H,2-3,5,7-9,11-12H2,1H3,(H,18,20)/t13-,16+/m0/s1. The van der Waals surface area contributed by atoms with Crippen LogP contribution in [0.15, 0.2) is 17.5 Å². The van der Waals surface area contributed by atoms with E-state index in [1.165, 1.54) is 37.0 Å². The molecule has 2 aliphatic rings. The average molecular weight is 306 g/mol. The summed E-state index contributed by atoms with van der Waals surface area (Å²) in [7, 11) is 0. The normalized spacial score (nSPS) is 26.0. The minimum Gasteiger partial charge on any atom is -0.352 e. The first kappa shape index (κ1) is 15.0. The highest BCUT2D eigenvalue weighted by molar-refractivity contribution is 7.09. The average Bonchev–Trinajstić information content (AvgIpc) is 3.19. The van der Waals surface area contributed by atoms with E-state index in [1.54, 1.807) is 11.3 Å². The van der Waals surface area contributed by atoms with Gasteiger partial charge in [0.05, 0.1) is 6.54 Å². The molecule has 3 nitrogen and oxygen atoms in total. The van der Waals surface area contributed by atoms with Crippen LogP contribution < -0.4 is 5.32 Å². The molecule has 0 bridgehead atoms. The van der Waals surface area contributed by atoms with Gasteiger partial charge < -0.3 is 5.32 Å². The second kappa shape index (κ2) is 6.93. The van der Waals surface area contributed by atoms with Crippen molar-refractivity contribution in [3.8, 4) is 0 Å². The number of carbonyl (C=O) groups excluding carboxylic acids is 1. The van der Waals surface area contributed by atoms with Crippen LogP contribution in [0.2, 0.25) is 0 Å². The molecule has 2 fully saturated rings. The van der Waals surface area contributed by atoms with Gasteiger partial charge in [0, 0.05) is 23.5 Å². The summed E-state index contributed by atoms with van der Waals surface area (Å²) in [6.45, 7) is 3.76. The number of nitrogens with one attached hydrogen (secondary N) is 1. The first-order valence-electron chi connectivity index (χ1n) is 8.28. The predicted octanol–water partition coefficient (Wildman–Crippen LogP) is 3.41. The zero-order chi connectivity index (χ0) is 14.7. The van der Waals surface area contributed by atoms with E-state index >= 15 is 0 Å². The quantitative estimate of drug-likeness (QED) is 0.873. The van der Waals surface area contributed by atoms with Crippen molar-refractivity contribution >= 4 is 17.2 Å². The van der Waals surface area contributed by atoms with Gasteiger partial charge in [0.1, 0.15) is 0 Å². The van der Waals surface area contributed by atoms with Crippen LogP contribution in [0.3, 0.4) is 0 Å². The summed E-state index contributed by atoms with van der Waals surface area (Å²) < 4.78 is 0. The van der Waals surface area contributed by atoms with Gasteiger partial charge in [0.15, 0.2) is 0 Å². The monoisotopic (exact) mass is 306 g/mol. The van der Waals surface area contributed by atoms with Gasteiger partial charge in [-0.25, -0.2) is 0 Å². The molecule has 0 unspecified atom stereocenters. The van der Waals surface area contributed by atoms with Crippen LogP contribution in [0.5, 0.6) is 0 Å². The van der Waals surface area contributed by atoms with Crippen molar-refractivity contribution in [2.75, 3.05) is 6.54 Å². The van der Waals surface area contributed by atoms with E-state index in [-0.39, 0.29) is 5.91 Å². The maximum absolute atomic E-state index is 12.4. The number of rotatable bonds is 6. The van der Waals surface area contributed by atoms with Crippen molar-refractivity contribution in [2.24, 2.45) is 5.92 Å². The molecule has 0 aliphatic heterocycles. The Morgan fingerprint density at radius 1 is 1.33 bits per heavy atom. The van der Waals surface area contributed by atoms with Crippen LogP contribution in [0, 0.1) is 5.92 Å². The highest BCUT2D eigenvalue weighted by Crippen LogP contribution is 2.29. The minimum atomic E-state index is 0.220. The molecule has 0 saturated heterocycles. The van der Waals surface area contributed by atoms with Crippen molar-refractivity contribution < 1.29 is 4.79 Å². The fourth-order valence-electron chi connectivity index (χ4n) is 3.32. The zero-order valence-electron chi connectivity index (χ0n) is 12.9. The van der Waals surface area contributed by atoms with Crippen LogP contribution in [0.1, 0.15) is 50.3 Å². The third-order valence-electron chi connectivity index (χ3n) is 4.81. The van der Waals surface area contributed by atoms with Crippen LogP contribution in [0.25, 0.3) is 0 Å². The molecule has 0 aromatic carbocycles. The van der Waals surface area contributed by atoms with Crippen molar-refractivity contribution in [1.29, 1.82) is 0 Å². The van der Waals surface area contributed by atoms with Gasteiger partial charge in [0.25, 0.3) is 0 Å². The maximum atomic E-state index is 12.4. The largest absolute Gasteiger partial charge is 0.352 e. The Morgan fingerprint density at radius 3 is 2.81 bits per heavy atom. The Hall–Kier alpha value is -0.870. The number of thiophene rings is 1. The van der Waals surface area contributed by atoms with Gasteiger partial charge in [-0.15, -0.1) is 11.3 Å². The molecule has 2 saturated carbocycles. The third-order valence-corrected chi connectivity index (χ3v) is 5.67. The lowest BCUT2D eigenvalue weighted by Crippen LogP contribution is -2.46. The molecule has 1 N–H and O–H groups in total. The van der Waals surface area contributed by atoms with Crippen molar-refractivity contribution in [1.82, 2.24) is 10.2 Å². The molecule has 1 amide bonds. The van der Waals surface area contributed by atoms with E-state index in [0.717, 1.165) is 13.0 Å². The topological polar surface area (TPSA) is 32.3 Å². The van der Waals surface area contributed by atoms with E-state index in [2.05, 4.69) is 34.7 Å². The molecule has 116 valence electrons. The molecule has 21 heavy (non-hydrogen) atoms. The van der Waals surface area contributed by atoms with Crippen molar-refractivity contribution in [3.63, 3.8) is 0 Å². The Labute approximate surface area is 131 Å². The molecular weight excluding hydrogens is 280 g/mol. The first-order valence-corrected chi connectivity index (χ1v) is 9.16. The summed E-state index contributed by atoms with van der Waals surface area (Å²) in [4.78, 5) is 16.1. The summed E-state index contributed by atoms with van der Waals surface area (Å²) in [5.74, 6) is 0.853. The second-order valence-corrected chi connectivity index (χ2v) is 7.68. The molecule has 1 aromatic rings. The van der Waals surface area contributed by atoms with E-state index in [9.17, 15) is 4.79 Å². The minimum absolute atomic E-state index is 0.220. The second-order valence-electron chi connectivity index (χ2n) is 6.65. The smallest absolute Gasteiger partial charge is 0.234 e. The van der Waals surface area contributed by atoms with E-state index in [0.29, 0.717) is 24.5 Å². The lowest BCUT2D eigenvalue weighted by atomic mass is 9.86. The molecular formula is C17H26N2OS. The molecule has 2 aliphatic carbocycles. The maximum Gasteiger partial charge on any atom is 0.234 e. The van der Waals surface area contributed by atoms with Gasteiger partial charge in [0.2, 0.25) is 5.91 Å². The predicted molar refractivity (Wildman–Crippen MR) is 87.3 cm³/mol. The van der Waals surface area contributed by atoms with Gasteiger partial charge in [-0.3, -0.25) is 9.69 Å². The van der Waals surface area contributed by atoms with Crippen LogP contribution >= 0.6 is 11.3 Å². The molecule has 0 radical (unpaired) electrons. The van der Waals surface area contributed by atoms with Crippen LogP contribution in [-0.2, 0) is 11.3 Å². The highest BCUT2D eigenvalue weighted by atomic mass is 32.1. The first-order chi connectivity index (χ1) is 10.2. The summed E-state index contributed by atoms with van der Waals surface area (Å²) in [6.07, 6.45) is 7.49. The zero-order valence-corrected chi connectivity index (χ0v) is 13.7. The van der Waals surface area contributed by atoms with Gasteiger partial charge in [-0.2, -0.15) is 0 Å². The molecule has 3 rings (SSSR count). The van der Waals surface area contributed by atoms with Crippen LogP contribution in [-0.4, -0.2) is 29.4 Å². The number of hydrogen-bond donors (Lipinski definition) is 1. The summed E-state index contributed by atoms with van der Waals surface area (Å²) in [5.41, 5.74) is 0. The Morgan fingerprint density at radius 2 is 2.14 bits per heavy atom. The van der Waals surface area contributed by atoms with Crippen LogP contribution in [0.4, 0.5) is 0 Å².